The van der Waals surface area contributed by atoms with E-state index in [1.165, 1.54) is 18.2 Å². The topological polar surface area (TPSA) is 115 Å². The van der Waals surface area contributed by atoms with Gasteiger partial charge in [-0.25, -0.2) is 13.1 Å². The van der Waals surface area contributed by atoms with Gasteiger partial charge in [-0.1, -0.05) is 0 Å². The number of aliphatic hydroxyl groups is 1. The summed E-state index contributed by atoms with van der Waals surface area (Å²) in [7, 11) is -3.80. The van der Waals surface area contributed by atoms with E-state index >= 15 is 0 Å². The number of sulfonamides is 1. The predicted octanol–water partition coefficient (Wildman–Crippen LogP) is 1.14. The molecule has 0 radical (unpaired) electrons. The van der Waals surface area contributed by atoms with Gasteiger partial charge < -0.3 is 10.4 Å². The van der Waals surface area contributed by atoms with Crippen LogP contribution in [0.15, 0.2) is 41.4 Å². The fraction of sp³-hybridized carbons (Fsp3) is 0.250. The highest BCUT2D eigenvalue weighted by Crippen LogP contribution is 2.22. The van der Waals surface area contributed by atoms with Gasteiger partial charge in [0.25, 0.3) is 0 Å². The summed E-state index contributed by atoms with van der Waals surface area (Å²) in [6.45, 7) is 1.98. The van der Waals surface area contributed by atoms with Gasteiger partial charge in [-0.3, -0.25) is 4.98 Å². The fourth-order valence-corrected chi connectivity index (χ4v) is 3.27. The maximum Gasteiger partial charge on any atom is 0.242 e. The molecule has 8 heteroatoms. The Labute approximate surface area is 141 Å². The molecule has 0 aliphatic carbocycles. The summed E-state index contributed by atoms with van der Waals surface area (Å²) in [6, 6.07) is 9.82. The molecule has 126 valence electrons. The lowest BCUT2D eigenvalue weighted by Crippen LogP contribution is -2.25. The van der Waals surface area contributed by atoms with Crippen LogP contribution in [0.3, 0.4) is 0 Å². The van der Waals surface area contributed by atoms with E-state index in [4.69, 9.17) is 10.4 Å². The smallest absolute Gasteiger partial charge is 0.242 e. The van der Waals surface area contributed by atoms with Gasteiger partial charge in [0.15, 0.2) is 0 Å². The molecule has 7 nitrogen and oxygen atoms in total. The van der Waals surface area contributed by atoms with Crippen LogP contribution in [0.1, 0.15) is 16.8 Å². The SMILES string of the molecule is Cc1ccnc(CNS(=O)(=O)c2ccc(C#N)cc2NCCO)c1. The van der Waals surface area contributed by atoms with E-state index in [9.17, 15) is 8.42 Å². The van der Waals surface area contributed by atoms with Gasteiger partial charge in [0, 0.05) is 12.7 Å². The standard InChI is InChI=1S/C16H18N4O3S/c1-12-4-5-18-14(8-12)11-20-24(22,23)16-3-2-13(10-17)9-15(16)19-6-7-21/h2-5,8-9,19-21H,6-7,11H2,1H3. The van der Waals surface area contributed by atoms with Crippen molar-refractivity contribution < 1.29 is 13.5 Å². The van der Waals surface area contributed by atoms with Crippen LogP contribution in [0.2, 0.25) is 0 Å². The number of nitrogens with one attached hydrogen (secondary N) is 2. The maximum absolute atomic E-state index is 12.5. The molecular formula is C16H18N4O3S. The first kappa shape index (κ1) is 17.9. The van der Waals surface area contributed by atoms with E-state index in [0.717, 1.165) is 5.56 Å². The van der Waals surface area contributed by atoms with Gasteiger partial charge in [0.1, 0.15) is 4.90 Å². The van der Waals surface area contributed by atoms with Crippen molar-refractivity contribution in [3.63, 3.8) is 0 Å². The molecule has 1 aromatic carbocycles. The molecule has 0 unspecified atom stereocenters. The van der Waals surface area contributed by atoms with Gasteiger partial charge in [0.2, 0.25) is 10.0 Å². The summed E-state index contributed by atoms with van der Waals surface area (Å²) in [5, 5.41) is 20.7. The molecule has 0 fully saturated rings. The quantitative estimate of drug-likeness (QED) is 0.692. The number of hydrogen-bond acceptors (Lipinski definition) is 6. The molecular weight excluding hydrogens is 328 g/mol. The highest BCUT2D eigenvalue weighted by molar-refractivity contribution is 7.89. The third-order valence-corrected chi connectivity index (χ3v) is 4.70. The van der Waals surface area contributed by atoms with Crippen LogP contribution in [-0.2, 0) is 16.6 Å². The summed E-state index contributed by atoms with van der Waals surface area (Å²) in [5.41, 5.74) is 2.20. The van der Waals surface area contributed by atoms with Crippen LogP contribution in [0, 0.1) is 18.3 Å². The Kier molecular flexibility index (Phi) is 5.87. The molecule has 1 heterocycles. The fourth-order valence-electron chi connectivity index (χ4n) is 2.10. The third kappa shape index (κ3) is 4.52. The Morgan fingerprint density at radius 2 is 2.08 bits per heavy atom. The molecule has 0 aliphatic rings. The Morgan fingerprint density at radius 1 is 1.29 bits per heavy atom. The van der Waals surface area contributed by atoms with E-state index in [-0.39, 0.29) is 30.3 Å². The molecule has 2 rings (SSSR count). The van der Waals surface area contributed by atoms with Crippen LogP contribution in [-0.4, -0.2) is 31.7 Å². The molecule has 2 aromatic rings. The monoisotopic (exact) mass is 346 g/mol. The zero-order valence-corrected chi connectivity index (χ0v) is 14.0. The minimum atomic E-state index is -3.80. The van der Waals surface area contributed by atoms with Gasteiger partial charge in [-0.2, -0.15) is 5.26 Å². The minimum Gasteiger partial charge on any atom is -0.395 e. The van der Waals surface area contributed by atoms with Crippen LogP contribution < -0.4 is 10.0 Å². The van der Waals surface area contributed by atoms with Crippen molar-refractivity contribution in [2.24, 2.45) is 0 Å². The molecule has 0 spiro atoms. The van der Waals surface area contributed by atoms with Crippen molar-refractivity contribution in [2.75, 3.05) is 18.5 Å². The number of anilines is 1. The largest absolute Gasteiger partial charge is 0.395 e. The molecule has 0 saturated carbocycles. The average Bonchev–Trinajstić information content (AvgIpc) is 2.58. The summed E-state index contributed by atoms with van der Waals surface area (Å²) in [5.74, 6) is 0. The predicted molar refractivity (Wildman–Crippen MR) is 89.7 cm³/mol. The van der Waals surface area contributed by atoms with Gasteiger partial charge in [-0.15, -0.1) is 0 Å². The number of aliphatic hydroxyl groups excluding tert-OH is 1. The average molecular weight is 346 g/mol. The van der Waals surface area contributed by atoms with Crippen LogP contribution in [0.25, 0.3) is 0 Å². The lowest BCUT2D eigenvalue weighted by molar-refractivity contribution is 0.311. The van der Waals surface area contributed by atoms with Crippen LogP contribution >= 0.6 is 0 Å². The van der Waals surface area contributed by atoms with E-state index < -0.39 is 10.0 Å². The van der Waals surface area contributed by atoms with Crippen LogP contribution in [0.5, 0.6) is 0 Å². The normalized spacial score (nSPS) is 11.0. The first-order chi connectivity index (χ1) is 11.5. The number of rotatable bonds is 7. The zero-order valence-electron chi connectivity index (χ0n) is 13.2. The second kappa shape index (κ2) is 7.88. The van der Waals surface area contributed by atoms with Crippen molar-refractivity contribution in [1.29, 1.82) is 5.26 Å². The van der Waals surface area contributed by atoms with E-state index in [0.29, 0.717) is 11.3 Å². The second-order valence-corrected chi connectivity index (χ2v) is 6.86. The molecule has 0 aliphatic heterocycles. The van der Waals surface area contributed by atoms with Crippen molar-refractivity contribution >= 4 is 15.7 Å². The maximum atomic E-state index is 12.5. The summed E-state index contributed by atoms with van der Waals surface area (Å²) < 4.78 is 27.6. The first-order valence-electron chi connectivity index (χ1n) is 7.26. The van der Waals surface area contributed by atoms with Crippen molar-refractivity contribution in [1.82, 2.24) is 9.71 Å². The Morgan fingerprint density at radius 3 is 2.75 bits per heavy atom. The molecule has 0 atom stereocenters. The van der Waals surface area contributed by atoms with Gasteiger partial charge >= 0.3 is 0 Å². The summed E-state index contributed by atoms with van der Waals surface area (Å²) >= 11 is 0. The molecule has 24 heavy (non-hydrogen) atoms. The number of aryl methyl sites for hydroxylation is 1. The molecule has 0 saturated heterocycles. The second-order valence-electron chi connectivity index (χ2n) is 5.12. The minimum absolute atomic E-state index is 0.0163. The zero-order chi connectivity index (χ0) is 17.6. The van der Waals surface area contributed by atoms with E-state index in [1.807, 2.05) is 19.1 Å². The Balaban J connectivity index is 2.26. The highest BCUT2D eigenvalue weighted by atomic mass is 32.2. The number of pyridine rings is 1. The number of nitriles is 1. The lowest BCUT2D eigenvalue weighted by atomic mass is 10.2. The van der Waals surface area contributed by atoms with Crippen molar-refractivity contribution in [3.05, 3.63) is 53.3 Å². The van der Waals surface area contributed by atoms with Gasteiger partial charge in [-0.05, 0) is 42.8 Å². The first-order valence-corrected chi connectivity index (χ1v) is 8.74. The van der Waals surface area contributed by atoms with Crippen LogP contribution in [0.4, 0.5) is 5.69 Å². The lowest BCUT2D eigenvalue weighted by Gasteiger charge is -2.13. The summed E-state index contributed by atoms with van der Waals surface area (Å²) in [6.07, 6.45) is 1.62. The molecule has 3 N–H and O–H groups in total. The Bertz CT molecular complexity index is 860. The van der Waals surface area contributed by atoms with E-state index in [1.54, 1.807) is 12.3 Å². The van der Waals surface area contributed by atoms with Gasteiger partial charge in [0.05, 0.1) is 36.2 Å². The number of benzene rings is 1. The molecule has 0 bridgehead atoms. The highest BCUT2D eigenvalue weighted by Gasteiger charge is 2.19. The van der Waals surface area contributed by atoms with Crippen molar-refractivity contribution in [3.8, 4) is 6.07 Å². The third-order valence-electron chi connectivity index (χ3n) is 3.24. The number of hydrogen-bond donors (Lipinski definition) is 3. The Hall–Kier alpha value is -2.47. The molecule has 0 amide bonds. The van der Waals surface area contributed by atoms with E-state index in [2.05, 4.69) is 15.0 Å². The number of aromatic nitrogens is 1. The molecule has 1 aromatic heterocycles. The number of nitrogens with zero attached hydrogens (tertiary/aromatic N) is 2. The van der Waals surface area contributed by atoms with Crippen molar-refractivity contribution in [2.45, 2.75) is 18.4 Å². The summed E-state index contributed by atoms with van der Waals surface area (Å²) in [4.78, 5) is 4.13.